The Morgan fingerprint density at radius 2 is 1.76 bits per heavy atom. The highest BCUT2D eigenvalue weighted by molar-refractivity contribution is 7.89. The Hall–Kier alpha value is -3.37. The highest BCUT2D eigenvalue weighted by Gasteiger charge is 2.32. The van der Waals surface area contributed by atoms with Crippen molar-refractivity contribution in [3.05, 3.63) is 60.6 Å². The number of piperazine rings is 1. The van der Waals surface area contributed by atoms with Gasteiger partial charge in [0.15, 0.2) is 11.7 Å². The van der Waals surface area contributed by atoms with Crippen LogP contribution in [-0.2, 0) is 21.2 Å². The van der Waals surface area contributed by atoms with Crippen LogP contribution in [0.1, 0.15) is 12.3 Å². The van der Waals surface area contributed by atoms with E-state index in [-0.39, 0.29) is 36.1 Å². The number of oxazole rings is 1. The van der Waals surface area contributed by atoms with E-state index < -0.39 is 10.0 Å². The van der Waals surface area contributed by atoms with Crippen molar-refractivity contribution in [3.8, 4) is 22.8 Å². The van der Waals surface area contributed by atoms with Gasteiger partial charge >= 0.3 is 0 Å². The van der Waals surface area contributed by atoms with Crippen molar-refractivity contribution in [2.75, 3.05) is 40.4 Å². The predicted octanol–water partition coefficient (Wildman–Crippen LogP) is 2.82. The van der Waals surface area contributed by atoms with E-state index in [1.165, 1.54) is 24.6 Å². The minimum atomic E-state index is -3.80. The van der Waals surface area contributed by atoms with Gasteiger partial charge in [0.2, 0.25) is 15.9 Å². The Kier molecular flexibility index (Phi) is 7.18. The normalized spacial score (nSPS) is 14.7. The molecule has 0 saturated carbocycles. The SMILES string of the molecule is COc1ccc(OC)c(S(=O)(=O)N2CCN(C(=O)CCc3ncc(-c4ccccc4)o3)CC2)c1. The summed E-state index contributed by atoms with van der Waals surface area (Å²) in [7, 11) is -0.900. The Morgan fingerprint density at radius 1 is 1.03 bits per heavy atom. The van der Waals surface area contributed by atoms with Crippen LogP contribution in [0.3, 0.4) is 0 Å². The molecule has 9 nitrogen and oxygen atoms in total. The van der Waals surface area contributed by atoms with E-state index in [9.17, 15) is 13.2 Å². The van der Waals surface area contributed by atoms with E-state index in [0.717, 1.165) is 5.56 Å². The third-order valence-electron chi connectivity index (χ3n) is 5.74. The number of hydrogen-bond acceptors (Lipinski definition) is 7. The topological polar surface area (TPSA) is 102 Å². The van der Waals surface area contributed by atoms with E-state index in [2.05, 4.69) is 4.98 Å². The molecule has 1 aliphatic heterocycles. The van der Waals surface area contributed by atoms with E-state index in [4.69, 9.17) is 13.9 Å². The maximum atomic E-state index is 13.2. The molecular formula is C24H27N3O6S. The van der Waals surface area contributed by atoms with Crippen molar-refractivity contribution < 1.29 is 27.1 Å². The zero-order chi connectivity index (χ0) is 24.1. The maximum Gasteiger partial charge on any atom is 0.247 e. The molecule has 180 valence electrons. The fraction of sp³-hybridized carbons (Fsp3) is 0.333. The minimum absolute atomic E-state index is 0.0484. The Bertz CT molecular complexity index is 1230. The number of amides is 1. The molecule has 4 rings (SSSR count). The maximum absolute atomic E-state index is 13.2. The van der Waals surface area contributed by atoms with Crippen LogP contribution >= 0.6 is 0 Å². The van der Waals surface area contributed by atoms with E-state index >= 15 is 0 Å². The number of carbonyl (C=O) groups is 1. The first kappa shape index (κ1) is 23.8. The van der Waals surface area contributed by atoms with Crippen molar-refractivity contribution in [3.63, 3.8) is 0 Å². The molecule has 10 heteroatoms. The summed E-state index contributed by atoms with van der Waals surface area (Å²) in [5, 5.41) is 0. The molecule has 1 saturated heterocycles. The molecule has 0 N–H and O–H groups in total. The number of nitrogens with zero attached hydrogens (tertiary/aromatic N) is 3. The van der Waals surface area contributed by atoms with Gasteiger partial charge < -0.3 is 18.8 Å². The Morgan fingerprint density at radius 3 is 2.44 bits per heavy atom. The van der Waals surface area contributed by atoms with Crippen molar-refractivity contribution in [1.82, 2.24) is 14.2 Å². The minimum Gasteiger partial charge on any atom is -0.497 e. The number of benzene rings is 2. The lowest BCUT2D eigenvalue weighted by atomic mass is 10.2. The van der Waals surface area contributed by atoms with Gasteiger partial charge in [-0.05, 0) is 12.1 Å². The second-order valence-electron chi connectivity index (χ2n) is 7.79. The molecule has 0 atom stereocenters. The number of sulfonamides is 1. The highest BCUT2D eigenvalue weighted by atomic mass is 32.2. The summed E-state index contributed by atoms with van der Waals surface area (Å²) >= 11 is 0. The fourth-order valence-electron chi connectivity index (χ4n) is 3.84. The van der Waals surface area contributed by atoms with Crippen LogP contribution in [0, 0.1) is 0 Å². The third-order valence-corrected chi connectivity index (χ3v) is 7.66. The van der Waals surface area contributed by atoms with Gasteiger partial charge in [0.25, 0.3) is 0 Å². The van der Waals surface area contributed by atoms with Gasteiger partial charge in [-0.15, -0.1) is 0 Å². The van der Waals surface area contributed by atoms with E-state index in [1.807, 2.05) is 30.3 Å². The lowest BCUT2D eigenvalue weighted by Crippen LogP contribution is -2.50. The summed E-state index contributed by atoms with van der Waals surface area (Å²) in [6, 6.07) is 14.3. The number of rotatable bonds is 8. The van der Waals surface area contributed by atoms with Gasteiger partial charge in [-0.2, -0.15) is 4.31 Å². The number of hydrogen-bond donors (Lipinski definition) is 0. The largest absolute Gasteiger partial charge is 0.497 e. The summed E-state index contributed by atoms with van der Waals surface area (Å²) in [4.78, 5) is 18.7. The summed E-state index contributed by atoms with van der Waals surface area (Å²) in [6.07, 6.45) is 2.28. The van der Waals surface area contributed by atoms with Gasteiger partial charge in [-0.3, -0.25) is 4.79 Å². The molecule has 0 spiro atoms. The standard InChI is InChI=1S/C24H27N3O6S/c1-31-19-8-9-20(32-2)22(16-19)34(29,30)27-14-12-26(13-15-27)24(28)11-10-23-25-17-21(33-23)18-6-4-3-5-7-18/h3-9,16-17H,10-15H2,1-2H3. The van der Waals surface area contributed by atoms with Gasteiger partial charge in [-0.1, -0.05) is 30.3 Å². The summed E-state index contributed by atoms with van der Waals surface area (Å²) in [5.41, 5.74) is 0.928. The molecule has 1 amide bonds. The van der Waals surface area contributed by atoms with Crippen molar-refractivity contribution >= 4 is 15.9 Å². The Balaban J connectivity index is 1.34. The summed E-state index contributed by atoms with van der Waals surface area (Å²) in [6.45, 7) is 1.02. The number of ether oxygens (including phenoxy) is 2. The molecule has 0 bridgehead atoms. The van der Waals surface area contributed by atoms with Crippen LogP contribution < -0.4 is 9.47 Å². The van der Waals surface area contributed by atoms with Crippen molar-refractivity contribution in [2.45, 2.75) is 17.7 Å². The zero-order valence-corrected chi connectivity index (χ0v) is 20.0. The van der Waals surface area contributed by atoms with Gasteiger partial charge in [0.1, 0.15) is 16.4 Å². The van der Waals surface area contributed by atoms with Gasteiger partial charge in [-0.25, -0.2) is 13.4 Å². The molecule has 2 aromatic carbocycles. The molecule has 0 radical (unpaired) electrons. The second kappa shape index (κ2) is 10.3. The molecule has 0 aliphatic carbocycles. The van der Waals surface area contributed by atoms with Crippen LogP contribution in [0.2, 0.25) is 0 Å². The second-order valence-corrected chi connectivity index (χ2v) is 9.69. The molecule has 1 fully saturated rings. The average Bonchev–Trinajstić information content (AvgIpc) is 3.36. The van der Waals surface area contributed by atoms with Crippen molar-refractivity contribution in [1.29, 1.82) is 0 Å². The lowest BCUT2D eigenvalue weighted by molar-refractivity contribution is -0.132. The average molecular weight is 486 g/mol. The lowest BCUT2D eigenvalue weighted by Gasteiger charge is -2.34. The van der Waals surface area contributed by atoms with Crippen LogP contribution in [-0.4, -0.2) is 68.9 Å². The fourth-order valence-corrected chi connectivity index (χ4v) is 5.43. The molecule has 1 aliphatic rings. The molecule has 3 aromatic rings. The van der Waals surface area contributed by atoms with Crippen LogP contribution in [0.15, 0.2) is 64.0 Å². The van der Waals surface area contributed by atoms with Crippen LogP contribution in [0.4, 0.5) is 0 Å². The first-order valence-corrected chi connectivity index (χ1v) is 12.4. The smallest absolute Gasteiger partial charge is 0.247 e. The zero-order valence-electron chi connectivity index (χ0n) is 19.1. The number of methoxy groups -OCH3 is 2. The first-order chi connectivity index (χ1) is 16.4. The van der Waals surface area contributed by atoms with Gasteiger partial charge in [0.05, 0.1) is 20.4 Å². The molecule has 2 heterocycles. The van der Waals surface area contributed by atoms with Gasteiger partial charge in [0, 0.05) is 50.7 Å². The number of aryl methyl sites for hydroxylation is 1. The predicted molar refractivity (Wildman–Crippen MR) is 125 cm³/mol. The highest BCUT2D eigenvalue weighted by Crippen LogP contribution is 2.31. The molecule has 0 unspecified atom stereocenters. The van der Waals surface area contributed by atoms with Crippen molar-refractivity contribution in [2.24, 2.45) is 0 Å². The first-order valence-electron chi connectivity index (χ1n) is 10.9. The summed E-state index contributed by atoms with van der Waals surface area (Å²) < 4.78 is 44.0. The molecule has 1 aromatic heterocycles. The quantitative estimate of drug-likeness (QED) is 0.483. The van der Waals surface area contributed by atoms with Crippen LogP contribution in [0.5, 0.6) is 11.5 Å². The number of aromatic nitrogens is 1. The Labute approximate surface area is 199 Å². The van der Waals surface area contributed by atoms with Crippen LogP contribution in [0.25, 0.3) is 11.3 Å². The summed E-state index contributed by atoms with van der Waals surface area (Å²) in [5.74, 6) is 1.78. The van der Waals surface area contributed by atoms with E-state index in [1.54, 1.807) is 23.2 Å². The monoisotopic (exact) mass is 485 g/mol. The molecular weight excluding hydrogens is 458 g/mol. The number of carbonyl (C=O) groups excluding carboxylic acids is 1. The molecule has 34 heavy (non-hydrogen) atoms. The van der Waals surface area contributed by atoms with E-state index in [0.29, 0.717) is 36.9 Å². The third kappa shape index (κ3) is 5.07.